The Morgan fingerprint density at radius 1 is 1.22 bits per heavy atom. The van der Waals surface area contributed by atoms with Crippen molar-refractivity contribution in [2.45, 2.75) is 39.4 Å². The summed E-state index contributed by atoms with van der Waals surface area (Å²) in [5.41, 5.74) is 2.55. The number of rotatable bonds is 1. The fourth-order valence-corrected chi connectivity index (χ4v) is 5.07. The largest absolute Gasteiger partial charge is 0.408 e. The van der Waals surface area contributed by atoms with E-state index in [0.29, 0.717) is 30.4 Å². The number of aromatic nitrogens is 2. The molecule has 0 aromatic carbocycles. The van der Waals surface area contributed by atoms with Crippen LogP contribution in [0.3, 0.4) is 0 Å². The molecule has 142 valence electrons. The molecule has 0 spiro atoms. The van der Waals surface area contributed by atoms with E-state index < -0.39 is 0 Å². The van der Waals surface area contributed by atoms with Gasteiger partial charge in [-0.25, -0.2) is 14.8 Å². The highest BCUT2D eigenvalue weighted by atomic mass is 32.1. The Kier molecular flexibility index (Phi) is 3.79. The van der Waals surface area contributed by atoms with Crippen molar-refractivity contribution in [1.29, 1.82) is 0 Å². The van der Waals surface area contributed by atoms with E-state index in [1.165, 1.54) is 16.9 Å². The second-order valence-electron chi connectivity index (χ2n) is 7.76. The van der Waals surface area contributed by atoms with E-state index in [0.717, 1.165) is 46.6 Å². The van der Waals surface area contributed by atoms with Crippen LogP contribution in [0.5, 0.6) is 0 Å². The van der Waals surface area contributed by atoms with Crippen LogP contribution in [0.2, 0.25) is 0 Å². The van der Waals surface area contributed by atoms with Crippen LogP contribution in [0, 0.1) is 6.92 Å². The van der Waals surface area contributed by atoms with Crippen molar-refractivity contribution in [1.82, 2.24) is 4.98 Å². The van der Waals surface area contributed by atoms with Crippen molar-refractivity contribution < 1.29 is 18.9 Å². The lowest BCUT2D eigenvalue weighted by atomic mass is 9.90. The Balaban J connectivity index is 1.85. The number of hydrogen-bond donors (Lipinski definition) is 0. The first kappa shape index (κ1) is 17.1. The quantitative estimate of drug-likeness (QED) is 0.636. The Morgan fingerprint density at radius 2 is 2.00 bits per heavy atom. The number of anilines is 1. The van der Waals surface area contributed by atoms with Gasteiger partial charge in [0.15, 0.2) is 10.7 Å². The maximum absolute atomic E-state index is 12.4. The molecule has 0 amide bonds. The van der Waals surface area contributed by atoms with Crippen molar-refractivity contribution in [2.24, 2.45) is 0 Å². The minimum atomic E-state index is -0.319. The van der Waals surface area contributed by atoms with E-state index in [9.17, 15) is 4.79 Å². The normalized spacial score (nSPS) is 19.6. The van der Waals surface area contributed by atoms with Crippen molar-refractivity contribution in [3.63, 3.8) is 0 Å². The van der Waals surface area contributed by atoms with Crippen molar-refractivity contribution in [3.8, 4) is 0 Å². The van der Waals surface area contributed by atoms with Gasteiger partial charge in [0.05, 0.1) is 36.4 Å². The average molecular weight is 388 g/mol. The van der Waals surface area contributed by atoms with E-state index >= 15 is 0 Å². The van der Waals surface area contributed by atoms with Gasteiger partial charge < -0.3 is 13.9 Å². The molecular formula is C19H22N3O4S+. The number of aryl methyl sites for hydroxylation is 1. The molecule has 0 aliphatic carbocycles. The minimum absolute atomic E-state index is 0.258. The van der Waals surface area contributed by atoms with E-state index in [1.54, 1.807) is 6.92 Å². The van der Waals surface area contributed by atoms with Crippen LogP contribution in [-0.2, 0) is 22.5 Å². The van der Waals surface area contributed by atoms with E-state index in [1.807, 2.05) is 0 Å². The molecule has 5 rings (SSSR count). The lowest BCUT2D eigenvalue weighted by Gasteiger charge is -2.33. The molecule has 1 N–H and O–H groups in total. The number of nitrogens with zero attached hydrogens (tertiary/aromatic N) is 2. The molecule has 0 unspecified atom stereocenters. The van der Waals surface area contributed by atoms with Crippen molar-refractivity contribution >= 4 is 37.6 Å². The maximum Gasteiger partial charge on any atom is 0.357 e. The predicted molar refractivity (Wildman–Crippen MR) is 103 cm³/mol. The van der Waals surface area contributed by atoms with Crippen LogP contribution in [0.25, 0.3) is 20.4 Å². The molecule has 8 heteroatoms. The second-order valence-corrected chi connectivity index (χ2v) is 8.78. The lowest BCUT2D eigenvalue weighted by molar-refractivity contribution is -0.329. The van der Waals surface area contributed by atoms with Crippen molar-refractivity contribution in [2.75, 3.05) is 31.2 Å². The van der Waals surface area contributed by atoms with Crippen LogP contribution >= 0.6 is 11.3 Å². The van der Waals surface area contributed by atoms with Gasteiger partial charge in [-0.3, -0.25) is 4.90 Å². The Bertz CT molecular complexity index is 1110. The van der Waals surface area contributed by atoms with Gasteiger partial charge in [-0.15, -0.1) is 0 Å². The Labute approximate surface area is 159 Å². The number of thiophene rings is 1. The SMILES string of the molecule is Cc1nc2c(sc3[nH+]c(N4CCOCC4)c4c(c32)CC(C)(C)OC4)c(=O)o1. The van der Waals surface area contributed by atoms with Gasteiger partial charge >= 0.3 is 5.63 Å². The molecule has 5 heterocycles. The number of ether oxygens (including phenoxy) is 2. The Morgan fingerprint density at radius 3 is 2.78 bits per heavy atom. The van der Waals surface area contributed by atoms with Gasteiger partial charge in [-0.1, -0.05) is 11.3 Å². The van der Waals surface area contributed by atoms with Crippen LogP contribution in [0.15, 0.2) is 9.21 Å². The average Bonchev–Trinajstić information content (AvgIpc) is 3.00. The first-order valence-electron chi connectivity index (χ1n) is 9.20. The smallest absolute Gasteiger partial charge is 0.357 e. The zero-order chi connectivity index (χ0) is 18.8. The minimum Gasteiger partial charge on any atom is -0.408 e. The number of hydrogen-bond acceptors (Lipinski definition) is 7. The summed E-state index contributed by atoms with van der Waals surface area (Å²) in [6.45, 7) is 9.57. The topological polar surface area (TPSA) is 78.9 Å². The van der Waals surface area contributed by atoms with E-state index in [-0.39, 0.29) is 11.2 Å². The number of pyridine rings is 1. The van der Waals surface area contributed by atoms with Gasteiger partial charge in [0, 0.05) is 13.3 Å². The summed E-state index contributed by atoms with van der Waals surface area (Å²) < 4.78 is 17.4. The molecule has 0 bridgehead atoms. The summed E-state index contributed by atoms with van der Waals surface area (Å²) in [4.78, 5) is 23.8. The molecule has 1 fully saturated rings. The molecule has 2 aliphatic rings. The summed E-state index contributed by atoms with van der Waals surface area (Å²) in [6.07, 6.45) is 0.775. The molecule has 3 aromatic heterocycles. The van der Waals surface area contributed by atoms with E-state index in [2.05, 4.69) is 28.7 Å². The van der Waals surface area contributed by atoms with Gasteiger partial charge in [-0.2, -0.15) is 0 Å². The standard InChI is InChI=1S/C19H21N3O4S/c1-10-20-14-13-11-8-19(2,3)25-9-12(11)16(22-4-6-24-7-5-22)21-17(13)27-15(14)18(23)26-10/h4-9H2,1-3H3/p+1. The van der Waals surface area contributed by atoms with Crippen LogP contribution < -0.4 is 15.5 Å². The highest BCUT2D eigenvalue weighted by molar-refractivity contribution is 7.25. The summed E-state index contributed by atoms with van der Waals surface area (Å²) in [6, 6.07) is 0. The third-order valence-electron chi connectivity index (χ3n) is 5.30. The molecule has 27 heavy (non-hydrogen) atoms. The Hall–Kier alpha value is -2.03. The number of morpholine rings is 1. The summed E-state index contributed by atoms with van der Waals surface area (Å²) >= 11 is 1.43. The van der Waals surface area contributed by atoms with Crippen molar-refractivity contribution in [3.05, 3.63) is 27.4 Å². The number of aromatic amines is 1. The molecule has 3 aromatic rings. The van der Waals surface area contributed by atoms with Crippen LogP contribution in [-0.4, -0.2) is 36.9 Å². The summed E-state index contributed by atoms with van der Waals surface area (Å²) in [5, 5.41) is 1.04. The highest BCUT2D eigenvalue weighted by Gasteiger charge is 2.36. The van der Waals surface area contributed by atoms with Gasteiger partial charge in [0.1, 0.15) is 23.3 Å². The molecule has 1 saturated heterocycles. The molecular weight excluding hydrogens is 366 g/mol. The first-order valence-corrected chi connectivity index (χ1v) is 10.0. The summed E-state index contributed by atoms with van der Waals surface area (Å²) in [5.74, 6) is 1.47. The van der Waals surface area contributed by atoms with E-state index in [4.69, 9.17) is 13.9 Å². The molecule has 0 radical (unpaired) electrons. The molecule has 0 saturated carbocycles. The number of nitrogens with one attached hydrogen (secondary N) is 1. The lowest BCUT2D eigenvalue weighted by Crippen LogP contribution is -2.42. The summed E-state index contributed by atoms with van der Waals surface area (Å²) in [7, 11) is 0. The molecule has 0 atom stereocenters. The third kappa shape index (κ3) is 2.74. The highest BCUT2D eigenvalue weighted by Crippen LogP contribution is 2.40. The zero-order valence-corrected chi connectivity index (χ0v) is 16.5. The van der Waals surface area contributed by atoms with Gasteiger partial charge in [-0.05, 0) is 19.4 Å². The molecule has 7 nitrogen and oxygen atoms in total. The zero-order valence-electron chi connectivity index (χ0n) is 15.7. The predicted octanol–water partition coefficient (Wildman–Crippen LogP) is 2.21. The van der Waals surface area contributed by atoms with Crippen LogP contribution in [0.1, 0.15) is 30.9 Å². The first-order chi connectivity index (χ1) is 12.9. The molecule has 2 aliphatic heterocycles. The van der Waals surface area contributed by atoms with Gasteiger partial charge in [0.25, 0.3) is 5.82 Å². The van der Waals surface area contributed by atoms with Gasteiger partial charge in [0.2, 0.25) is 0 Å². The number of H-pyrrole nitrogens is 1. The fourth-order valence-electron chi connectivity index (χ4n) is 4.02. The second kappa shape index (κ2) is 5.98. The maximum atomic E-state index is 12.4. The fraction of sp³-hybridized carbons (Fsp3) is 0.526. The monoisotopic (exact) mass is 388 g/mol. The third-order valence-corrected chi connectivity index (χ3v) is 6.37. The van der Waals surface area contributed by atoms with Crippen LogP contribution in [0.4, 0.5) is 5.82 Å². The number of fused-ring (bicyclic) bond motifs is 5.